The van der Waals surface area contributed by atoms with Gasteiger partial charge in [0.1, 0.15) is 6.17 Å². The summed E-state index contributed by atoms with van der Waals surface area (Å²) in [6, 6.07) is -0.0275. The number of allylic oxidation sites excluding steroid dienone is 1. The monoisotopic (exact) mass is 186 g/mol. The molecule has 0 aromatic carbocycles. The van der Waals surface area contributed by atoms with E-state index in [1.807, 2.05) is 6.92 Å². The van der Waals surface area contributed by atoms with Gasteiger partial charge in [-0.1, -0.05) is 13.5 Å². The van der Waals surface area contributed by atoms with Gasteiger partial charge in [0.05, 0.1) is 6.04 Å². The van der Waals surface area contributed by atoms with Crippen LogP contribution in [0, 0.1) is 0 Å². The summed E-state index contributed by atoms with van der Waals surface area (Å²) in [5.41, 5.74) is 0.859. The van der Waals surface area contributed by atoms with Gasteiger partial charge in [-0.2, -0.15) is 0 Å². The fraction of sp³-hybridized carbons (Fsp3) is 0.800. The third kappa shape index (κ3) is 2.99. The number of likely N-dealkylation sites (tertiary alicyclic amines) is 1. The van der Waals surface area contributed by atoms with E-state index in [-0.39, 0.29) is 6.04 Å². The van der Waals surface area contributed by atoms with E-state index in [0.29, 0.717) is 6.54 Å². The van der Waals surface area contributed by atoms with Crippen LogP contribution in [0.1, 0.15) is 20.3 Å². The second-order valence-electron chi connectivity index (χ2n) is 3.73. The molecule has 0 amide bonds. The van der Waals surface area contributed by atoms with Crippen LogP contribution < -0.4 is 5.32 Å². The number of hydrogen-bond donors (Lipinski definition) is 1. The molecule has 0 saturated carbocycles. The Morgan fingerprint density at radius 2 is 2.38 bits per heavy atom. The lowest BCUT2D eigenvalue weighted by atomic mass is 10.0. The molecule has 0 aromatic rings. The Morgan fingerprint density at radius 3 is 2.85 bits per heavy atom. The topological polar surface area (TPSA) is 15.3 Å². The molecule has 1 aliphatic heterocycles. The van der Waals surface area contributed by atoms with E-state index < -0.39 is 6.17 Å². The van der Waals surface area contributed by atoms with Gasteiger partial charge in [-0.05, 0) is 19.9 Å². The van der Waals surface area contributed by atoms with Crippen molar-refractivity contribution < 1.29 is 4.39 Å². The van der Waals surface area contributed by atoms with Crippen molar-refractivity contribution in [2.75, 3.05) is 19.6 Å². The lowest BCUT2D eigenvalue weighted by Crippen LogP contribution is -2.50. The third-order valence-corrected chi connectivity index (χ3v) is 2.50. The van der Waals surface area contributed by atoms with E-state index in [4.69, 9.17) is 0 Å². The van der Waals surface area contributed by atoms with Crippen LogP contribution in [-0.2, 0) is 0 Å². The number of nitrogens with one attached hydrogen (secondary N) is 1. The highest BCUT2D eigenvalue weighted by Gasteiger charge is 2.27. The Balaban J connectivity index is 2.39. The van der Waals surface area contributed by atoms with Crippen LogP contribution in [0.15, 0.2) is 12.3 Å². The molecule has 0 radical (unpaired) electrons. The van der Waals surface area contributed by atoms with Gasteiger partial charge in [0.25, 0.3) is 0 Å². The smallest absolute Gasteiger partial charge is 0.133 e. The number of halogens is 1. The minimum Gasteiger partial charge on any atom is -0.383 e. The molecular formula is C10H19FN2. The summed E-state index contributed by atoms with van der Waals surface area (Å²) < 4.78 is 13.5. The Bertz CT molecular complexity index is 182. The highest BCUT2D eigenvalue weighted by atomic mass is 19.1. The Hall–Kier alpha value is -0.570. The van der Waals surface area contributed by atoms with Crippen LogP contribution >= 0.6 is 0 Å². The van der Waals surface area contributed by atoms with Crippen molar-refractivity contribution in [3.8, 4) is 0 Å². The average molecular weight is 186 g/mol. The first-order valence-electron chi connectivity index (χ1n) is 4.92. The molecule has 0 aliphatic carbocycles. The van der Waals surface area contributed by atoms with Gasteiger partial charge in [0.2, 0.25) is 0 Å². The van der Waals surface area contributed by atoms with Crippen molar-refractivity contribution in [1.82, 2.24) is 10.2 Å². The van der Waals surface area contributed by atoms with Gasteiger partial charge in [-0.3, -0.25) is 0 Å². The quantitative estimate of drug-likeness (QED) is 0.719. The molecule has 1 rings (SSSR count). The molecular weight excluding hydrogens is 167 g/mol. The van der Waals surface area contributed by atoms with Crippen molar-refractivity contribution in [2.24, 2.45) is 0 Å². The Morgan fingerprint density at radius 1 is 1.69 bits per heavy atom. The van der Waals surface area contributed by atoms with Gasteiger partial charge in [-0.15, -0.1) is 0 Å². The minimum absolute atomic E-state index is 0.0275. The molecule has 1 aliphatic rings. The van der Waals surface area contributed by atoms with E-state index in [9.17, 15) is 4.39 Å². The van der Waals surface area contributed by atoms with Crippen molar-refractivity contribution in [2.45, 2.75) is 32.5 Å². The van der Waals surface area contributed by atoms with Gasteiger partial charge in [0, 0.05) is 18.8 Å². The first-order chi connectivity index (χ1) is 6.13. The van der Waals surface area contributed by atoms with Crippen LogP contribution in [0.3, 0.4) is 0 Å². The fourth-order valence-electron chi connectivity index (χ4n) is 1.73. The molecule has 13 heavy (non-hydrogen) atoms. The van der Waals surface area contributed by atoms with Gasteiger partial charge in [-0.25, -0.2) is 4.39 Å². The summed E-state index contributed by atoms with van der Waals surface area (Å²) in [5, 5.41) is 3.08. The normalized spacial score (nSPS) is 30.1. The van der Waals surface area contributed by atoms with Gasteiger partial charge >= 0.3 is 0 Å². The highest BCUT2D eigenvalue weighted by molar-refractivity contribution is 4.94. The van der Waals surface area contributed by atoms with Crippen LogP contribution in [0.25, 0.3) is 0 Å². The molecule has 3 heteroatoms. The average Bonchev–Trinajstić information content (AvgIpc) is 2.08. The summed E-state index contributed by atoms with van der Waals surface area (Å²) in [7, 11) is 0. The number of hydrogen-bond acceptors (Lipinski definition) is 2. The second kappa shape index (κ2) is 4.61. The van der Waals surface area contributed by atoms with Gasteiger partial charge < -0.3 is 10.2 Å². The van der Waals surface area contributed by atoms with E-state index in [1.54, 1.807) is 0 Å². The number of rotatable bonds is 3. The SMILES string of the molecule is C=C(C)NC1CCN(CC)CC1F. The zero-order valence-corrected chi connectivity index (χ0v) is 8.52. The zero-order valence-electron chi connectivity index (χ0n) is 8.52. The van der Waals surface area contributed by atoms with Crippen molar-refractivity contribution >= 4 is 0 Å². The van der Waals surface area contributed by atoms with E-state index in [2.05, 4.69) is 23.7 Å². The maximum Gasteiger partial charge on any atom is 0.133 e. The van der Waals surface area contributed by atoms with E-state index in [0.717, 1.165) is 25.2 Å². The highest BCUT2D eigenvalue weighted by Crippen LogP contribution is 2.14. The summed E-state index contributed by atoms with van der Waals surface area (Å²) in [6.45, 7) is 10.2. The molecule has 1 heterocycles. The number of piperidine rings is 1. The molecule has 2 atom stereocenters. The molecule has 76 valence electrons. The Labute approximate surface area is 79.8 Å². The molecule has 2 unspecified atom stereocenters. The fourth-order valence-corrected chi connectivity index (χ4v) is 1.73. The van der Waals surface area contributed by atoms with Crippen molar-refractivity contribution in [3.05, 3.63) is 12.3 Å². The van der Waals surface area contributed by atoms with Crippen molar-refractivity contribution in [1.29, 1.82) is 0 Å². The van der Waals surface area contributed by atoms with Crippen molar-refractivity contribution in [3.63, 3.8) is 0 Å². The van der Waals surface area contributed by atoms with Crippen LogP contribution in [-0.4, -0.2) is 36.7 Å². The third-order valence-electron chi connectivity index (χ3n) is 2.50. The van der Waals surface area contributed by atoms with Crippen LogP contribution in [0.2, 0.25) is 0 Å². The summed E-state index contributed by atoms with van der Waals surface area (Å²) in [6.07, 6.45) is 0.118. The minimum atomic E-state index is -0.759. The molecule has 0 aromatic heterocycles. The molecule has 1 fully saturated rings. The summed E-state index contributed by atoms with van der Waals surface area (Å²) >= 11 is 0. The maximum absolute atomic E-state index is 13.5. The van der Waals surface area contributed by atoms with Crippen LogP contribution in [0.5, 0.6) is 0 Å². The summed E-state index contributed by atoms with van der Waals surface area (Å²) in [4.78, 5) is 2.14. The predicted molar refractivity (Wildman–Crippen MR) is 53.4 cm³/mol. The first kappa shape index (κ1) is 10.5. The molecule has 1 saturated heterocycles. The number of alkyl halides is 1. The number of nitrogens with zero attached hydrogens (tertiary/aromatic N) is 1. The molecule has 0 spiro atoms. The second-order valence-corrected chi connectivity index (χ2v) is 3.73. The lowest BCUT2D eigenvalue weighted by Gasteiger charge is -2.34. The standard InChI is InChI=1S/C10H19FN2/c1-4-13-6-5-10(9(11)7-13)12-8(2)3/h9-10,12H,2,4-7H2,1,3H3. The van der Waals surface area contributed by atoms with Gasteiger partial charge in [0.15, 0.2) is 0 Å². The van der Waals surface area contributed by atoms with Crippen LogP contribution in [0.4, 0.5) is 4.39 Å². The predicted octanol–water partition coefficient (Wildman–Crippen LogP) is 1.54. The zero-order chi connectivity index (χ0) is 9.84. The molecule has 0 bridgehead atoms. The maximum atomic E-state index is 13.5. The largest absolute Gasteiger partial charge is 0.383 e. The molecule has 2 nitrogen and oxygen atoms in total. The lowest BCUT2D eigenvalue weighted by molar-refractivity contribution is 0.112. The first-order valence-corrected chi connectivity index (χ1v) is 4.92. The van der Waals surface area contributed by atoms with E-state index >= 15 is 0 Å². The van der Waals surface area contributed by atoms with E-state index in [1.165, 1.54) is 0 Å². The summed E-state index contributed by atoms with van der Waals surface area (Å²) in [5.74, 6) is 0. The Kier molecular flexibility index (Phi) is 3.72. The molecule has 1 N–H and O–H groups in total.